The van der Waals surface area contributed by atoms with E-state index in [1.54, 1.807) is 27.9 Å². The molecule has 6 unspecified atom stereocenters. The van der Waals surface area contributed by atoms with Crippen molar-refractivity contribution in [1.82, 2.24) is 9.62 Å². The number of methoxy groups -OCH3 is 1. The zero-order chi connectivity index (χ0) is 26.4. The van der Waals surface area contributed by atoms with Crippen LogP contribution in [0.5, 0.6) is 0 Å². The second-order valence-electron chi connectivity index (χ2n) is 10.4. The molecule has 0 aliphatic carbocycles. The highest BCUT2D eigenvalue weighted by atomic mass is 32.2. The molecule has 6 atom stereocenters. The minimum atomic E-state index is -1.56. The highest BCUT2D eigenvalue weighted by molar-refractivity contribution is 7.83. The molecule has 194 valence electrons. The lowest BCUT2D eigenvalue weighted by Gasteiger charge is -2.44. The molecule has 1 aromatic rings. The number of benzene rings is 1. The van der Waals surface area contributed by atoms with Crippen LogP contribution in [0.25, 0.3) is 0 Å². The smallest absolute Gasteiger partial charge is 0.411 e. The Morgan fingerprint density at radius 3 is 2.43 bits per heavy atom. The molecule has 1 N–H and O–H groups in total. The molecule has 8 heteroatoms. The van der Waals surface area contributed by atoms with Gasteiger partial charge >= 0.3 is 6.09 Å². The predicted octanol–water partition coefficient (Wildman–Crippen LogP) is 5.27. The number of nitrogens with one attached hydrogen (secondary N) is 1. The molecule has 1 fully saturated rings. The Balaban J connectivity index is 2.62. The number of ether oxygens (including phenoxy) is 2. The molecular formula is C27H41N3O4S. The third-order valence-electron chi connectivity index (χ3n) is 6.47. The van der Waals surface area contributed by atoms with Crippen molar-refractivity contribution in [1.29, 1.82) is 5.26 Å². The third kappa shape index (κ3) is 7.16. The molecule has 1 heterocycles. The summed E-state index contributed by atoms with van der Waals surface area (Å²) in [5, 5.41) is 9.98. The summed E-state index contributed by atoms with van der Waals surface area (Å²) in [6.45, 7) is 13.3. The Bertz CT molecular complexity index is 951. The summed E-state index contributed by atoms with van der Waals surface area (Å²) in [4.78, 5) is 15.6. The van der Waals surface area contributed by atoms with Crippen molar-refractivity contribution >= 4 is 17.1 Å². The van der Waals surface area contributed by atoms with E-state index in [9.17, 15) is 14.3 Å². The van der Waals surface area contributed by atoms with Crippen LogP contribution in [0.3, 0.4) is 0 Å². The minimum absolute atomic E-state index is 0.143. The van der Waals surface area contributed by atoms with Crippen molar-refractivity contribution < 1.29 is 18.5 Å². The van der Waals surface area contributed by atoms with E-state index in [0.717, 1.165) is 12.0 Å². The molecule has 0 aromatic heterocycles. The standard InChI is InChI=1S/C27H41N3O4S/c1-9-11-20-17-21(18-28)30(25(31)34-26(4,5)6)23(20)24(27(7,33-8)16-10-2)29-35(32)22-14-12-19(3)13-15-22/h9,11-15,20-21,23-24,29H,10,16-17H2,1-8H3/b11-9-. The fourth-order valence-electron chi connectivity index (χ4n) is 4.73. The molecule has 1 saturated heterocycles. The van der Waals surface area contributed by atoms with Crippen LogP contribution in [0.4, 0.5) is 4.79 Å². The quantitative estimate of drug-likeness (QED) is 0.463. The van der Waals surface area contributed by atoms with Crippen LogP contribution < -0.4 is 4.72 Å². The van der Waals surface area contributed by atoms with Crippen molar-refractivity contribution in [2.24, 2.45) is 5.92 Å². The van der Waals surface area contributed by atoms with Gasteiger partial charge in [-0.3, -0.25) is 4.90 Å². The summed E-state index contributed by atoms with van der Waals surface area (Å²) in [5.74, 6) is -0.143. The Hall–Kier alpha value is -2.21. The lowest BCUT2D eigenvalue weighted by Crippen LogP contribution is -2.63. The Morgan fingerprint density at radius 2 is 1.94 bits per heavy atom. The van der Waals surface area contributed by atoms with Crippen LogP contribution in [0.2, 0.25) is 0 Å². The van der Waals surface area contributed by atoms with Crippen molar-refractivity contribution in [3.63, 3.8) is 0 Å². The molecule has 2 rings (SSSR count). The Labute approximate surface area is 213 Å². The number of rotatable bonds is 9. The van der Waals surface area contributed by atoms with Gasteiger partial charge in [0.05, 0.1) is 28.6 Å². The SMILES string of the molecule is C/C=C\C1CC(C#N)N(C(=O)OC(C)(C)C)C1C(NS(=O)c1ccc(C)cc1)C(C)(CCC)OC. The molecule has 1 aliphatic heterocycles. The largest absolute Gasteiger partial charge is 0.444 e. The van der Waals surface area contributed by atoms with Gasteiger partial charge in [-0.1, -0.05) is 43.2 Å². The van der Waals surface area contributed by atoms with E-state index < -0.39 is 46.4 Å². The van der Waals surface area contributed by atoms with Gasteiger partial charge in [0.25, 0.3) is 0 Å². The van der Waals surface area contributed by atoms with Crippen LogP contribution in [0.1, 0.15) is 66.4 Å². The minimum Gasteiger partial charge on any atom is -0.444 e. The first kappa shape index (κ1) is 29.0. The van der Waals surface area contributed by atoms with Gasteiger partial charge < -0.3 is 9.47 Å². The molecule has 0 spiro atoms. The number of nitriles is 1. The first-order valence-corrected chi connectivity index (χ1v) is 13.4. The van der Waals surface area contributed by atoms with Gasteiger partial charge in [-0.15, -0.1) is 0 Å². The molecule has 1 aliphatic rings. The number of nitrogens with zero attached hydrogens (tertiary/aromatic N) is 2. The van der Waals surface area contributed by atoms with Gasteiger partial charge in [-0.05, 0) is 66.5 Å². The van der Waals surface area contributed by atoms with E-state index in [4.69, 9.17) is 9.47 Å². The van der Waals surface area contributed by atoms with Crippen LogP contribution >= 0.6 is 0 Å². The highest BCUT2D eigenvalue weighted by Crippen LogP contribution is 2.39. The monoisotopic (exact) mass is 503 g/mol. The van der Waals surface area contributed by atoms with E-state index in [1.807, 2.05) is 57.2 Å². The predicted molar refractivity (Wildman–Crippen MR) is 139 cm³/mol. The number of carbonyl (C=O) groups is 1. The van der Waals surface area contributed by atoms with Crippen molar-refractivity contribution in [3.05, 3.63) is 42.0 Å². The van der Waals surface area contributed by atoms with Crippen molar-refractivity contribution in [3.8, 4) is 6.07 Å². The second-order valence-corrected chi connectivity index (χ2v) is 11.6. The van der Waals surface area contributed by atoms with Gasteiger partial charge in [-0.2, -0.15) is 5.26 Å². The summed E-state index contributed by atoms with van der Waals surface area (Å²) in [6.07, 6.45) is 5.36. The van der Waals surface area contributed by atoms with Gasteiger partial charge in [0.2, 0.25) is 0 Å². The van der Waals surface area contributed by atoms with Crippen molar-refractivity contribution in [2.45, 2.75) is 102 Å². The molecule has 1 amide bonds. The van der Waals surface area contributed by atoms with Crippen LogP contribution in [-0.2, 0) is 20.5 Å². The lowest BCUT2D eigenvalue weighted by molar-refractivity contribution is -0.0540. The highest BCUT2D eigenvalue weighted by Gasteiger charge is 2.53. The van der Waals surface area contributed by atoms with E-state index in [0.29, 0.717) is 17.7 Å². The molecule has 1 aromatic carbocycles. The summed E-state index contributed by atoms with van der Waals surface area (Å²) < 4.78 is 28.6. The Kier molecular flexibility index (Phi) is 10.1. The summed E-state index contributed by atoms with van der Waals surface area (Å²) in [6, 6.07) is 8.09. The molecule has 7 nitrogen and oxygen atoms in total. The van der Waals surface area contributed by atoms with Crippen LogP contribution in [0, 0.1) is 24.2 Å². The normalized spacial score (nSPS) is 24.1. The van der Waals surface area contributed by atoms with E-state index >= 15 is 0 Å². The number of amides is 1. The average Bonchev–Trinajstić information content (AvgIpc) is 3.15. The van der Waals surface area contributed by atoms with Gasteiger partial charge in [-0.25, -0.2) is 13.7 Å². The molecule has 0 saturated carbocycles. The topological polar surface area (TPSA) is 91.7 Å². The molecule has 0 radical (unpaired) electrons. The number of aryl methyl sites for hydroxylation is 1. The zero-order valence-corrected chi connectivity index (χ0v) is 23.1. The first-order chi connectivity index (χ1) is 16.4. The maximum atomic E-state index is 13.5. The fraction of sp³-hybridized carbons (Fsp3) is 0.630. The Morgan fingerprint density at radius 1 is 1.31 bits per heavy atom. The number of carbonyl (C=O) groups excluding carboxylic acids is 1. The zero-order valence-electron chi connectivity index (χ0n) is 22.3. The average molecular weight is 504 g/mol. The van der Waals surface area contributed by atoms with Crippen LogP contribution in [0.15, 0.2) is 41.3 Å². The number of allylic oxidation sites excluding steroid dienone is 1. The number of hydrogen-bond acceptors (Lipinski definition) is 5. The van der Waals surface area contributed by atoms with Gasteiger partial charge in [0.1, 0.15) is 22.6 Å². The number of likely N-dealkylation sites (tertiary alicyclic amines) is 1. The summed E-state index contributed by atoms with van der Waals surface area (Å²) in [5.41, 5.74) is -0.404. The van der Waals surface area contributed by atoms with Crippen LogP contribution in [-0.4, -0.2) is 51.6 Å². The summed E-state index contributed by atoms with van der Waals surface area (Å²) >= 11 is 0. The molecule has 0 bridgehead atoms. The lowest BCUT2D eigenvalue weighted by atomic mass is 9.81. The van der Waals surface area contributed by atoms with E-state index in [2.05, 4.69) is 17.7 Å². The molecule has 35 heavy (non-hydrogen) atoms. The van der Waals surface area contributed by atoms with E-state index in [-0.39, 0.29) is 5.92 Å². The second kappa shape index (κ2) is 12.2. The molecular weight excluding hydrogens is 462 g/mol. The maximum Gasteiger partial charge on any atom is 0.411 e. The number of hydrogen-bond donors (Lipinski definition) is 1. The summed E-state index contributed by atoms with van der Waals surface area (Å²) in [7, 11) is 0.0728. The third-order valence-corrected chi connectivity index (χ3v) is 7.63. The van der Waals surface area contributed by atoms with E-state index in [1.165, 1.54) is 4.90 Å². The fourth-order valence-corrected chi connectivity index (χ4v) is 5.87. The first-order valence-electron chi connectivity index (χ1n) is 12.2. The maximum absolute atomic E-state index is 13.5. The van der Waals surface area contributed by atoms with Gasteiger partial charge in [0.15, 0.2) is 0 Å². The van der Waals surface area contributed by atoms with Crippen molar-refractivity contribution in [2.75, 3.05) is 7.11 Å². The van der Waals surface area contributed by atoms with Gasteiger partial charge in [0, 0.05) is 13.0 Å².